The largest absolute Gasteiger partial charge is 0.341 e. The van der Waals surface area contributed by atoms with E-state index in [0.717, 1.165) is 26.1 Å². The average molecular weight is 308 g/mol. The Balaban J connectivity index is 1.53. The van der Waals surface area contributed by atoms with Crippen LogP contribution in [-0.2, 0) is 4.79 Å². The van der Waals surface area contributed by atoms with Gasteiger partial charge in [-0.05, 0) is 30.0 Å². The third-order valence-electron chi connectivity index (χ3n) is 5.17. The lowest BCUT2D eigenvalue weighted by molar-refractivity contribution is -0.141. The minimum Gasteiger partial charge on any atom is -0.341 e. The van der Waals surface area contributed by atoms with Crippen molar-refractivity contribution < 1.29 is 4.79 Å². The highest BCUT2D eigenvalue weighted by molar-refractivity contribution is 5.80. The molecule has 0 unspecified atom stereocenters. The smallest absolute Gasteiger partial charge is 0.225 e. The number of amides is 1. The Labute approximate surface area is 136 Å². The van der Waals surface area contributed by atoms with E-state index in [1.165, 1.54) is 5.56 Å². The Hall–Kier alpha value is -2.53. The van der Waals surface area contributed by atoms with Gasteiger partial charge in [-0.15, -0.1) is 0 Å². The van der Waals surface area contributed by atoms with Crippen LogP contribution in [0.15, 0.2) is 24.3 Å². The van der Waals surface area contributed by atoms with E-state index in [2.05, 4.69) is 12.3 Å². The maximum absolute atomic E-state index is 12.6. The molecule has 0 spiro atoms. The van der Waals surface area contributed by atoms with Gasteiger partial charge in [-0.3, -0.25) is 4.79 Å². The maximum Gasteiger partial charge on any atom is 0.225 e. The first-order valence-electron chi connectivity index (χ1n) is 8.06. The zero-order valence-electron chi connectivity index (χ0n) is 13.3. The highest BCUT2D eigenvalue weighted by Gasteiger charge is 2.38. The van der Waals surface area contributed by atoms with Gasteiger partial charge in [0, 0.05) is 38.0 Å². The molecule has 23 heavy (non-hydrogen) atoms. The van der Waals surface area contributed by atoms with E-state index in [1.54, 1.807) is 4.90 Å². The summed E-state index contributed by atoms with van der Waals surface area (Å²) in [5.41, 5.74) is 1.86. The van der Waals surface area contributed by atoms with E-state index >= 15 is 0 Å². The van der Waals surface area contributed by atoms with Crippen molar-refractivity contribution in [2.75, 3.05) is 26.2 Å². The fraction of sp³-hybridized carbons (Fsp3) is 0.500. The van der Waals surface area contributed by atoms with Gasteiger partial charge in [-0.1, -0.05) is 19.1 Å². The van der Waals surface area contributed by atoms with Gasteiger partial charge in [0.15, 0.2) is 6.19 Å². The molecule has 2 heterocycles. The van der Waals surface area contributed by atoms with Gasteiger partial charge in [-0.2, -0.15) is 10.5 Å². The van der Waals surface area contributed by atoms with E-state index in [9.17, 15) is 4.79 Å². The van der Waals surface area contributed by atoms with E-state index in [4.69, 9.17) is 10.5 Å². The summed E-state index contributed by atoms with van der Waals surface area (Å²) >= 11 is 0. The van der Waals surface area contributed by atoms with Gasteiger partial charge in [0.05, 0.1) is 11.6 Å². The lowest BCUT2D eigenvalue weighted by Crippen LogP contribution is -2.51. The predicted molar refractivity (Wildman–Crippen MR) is 84.9 cm³/mol. The van der Waals surface area contributed by atoms with Gasteiger partial charge in [0.1, 0.15) is 0 Å². The average Bonchev–Trinajstić information content (AvgIpc) is 3.02. The molecule has 0 aliphatic carbocycles. The second kappa shape index (κ2) is 6.30. The summed E-state index contributed by atoms with van der Waals surface area (Å²) in [6.07, 6.45) is 3.09. The number of carbonyl (C=O) groups excluding carboxylic acids is 1. The van der Waals surface area contributed by atoms with Crippen LogP contribution in [0.2, 0.25) is 0 Å². The Bertz CT molecular complexity index is 664. The lowest BCUT2D eigenvalue weighted by Gasteiger charge is -2.41. The molecule has 0 N–H and O–H groups in total. The van der Waals surface area contributed by atoms with Crippen LogP contribution in [0.3, 0.4) is 0 Å². The van der Waals surface area contributed by atoms with Gasteiger partial charge in [0.2, 0.25) is 5.91 Å². The van der Waals surface area contributed by atoms with Crippen LogP contribution in [0.1, 0.15) is 30.4 Å². The summed E-state index contributed by atoms with van der Waals surface area (Å²) in [4.78, 5) is 16.2. The minimum atomic E-state index is -0.0183. The molecule has 1 aromatic rings. The van der Waals surface area contributed by atoms with Crippen molar-refractivity contribution in [3.63, 3.8) is 0 Å². The molecule has 118 valence electrons. The lowest BCUT2D eigenvalue weighted by atomic mass is 9.87. The molecule has 5 nitrogen and oxygen atoms in total. The summed E-state index contributed by atoms with van der Waals surface area (Å²) < 4.78 is 0. The molecule has 0 aromatic heterocycles. The van der Waals surface area contributed by atoms with Gasteiger partial charge in [0.25, 0.3) is 0 Å². The summed E-state index contributed by atoms with van der Waals surface area (Å²) in [6, 6.07) is 9.75. The second-order valence-corrected chi connectivity index (χ2v) is 6.56. The molecular weight excluding hydrogens is 288 g/mol. The first-order chi connectivity index (χ1) is 11.1. The number of rotatable bonds is 3. The third kappa shape index (κ3) is 3.00. The third-order valence-corrected chi connectivity index (χ3v) is 5.17. The molecule has 2 saturated heterocycles. The van der Waals surface area contributed by atoms with Crippen molar-refractivity contribution in [1.82, 2.24) is 9.80 Å². The number of hydrogen-bond donors (Lipinski definition) is 0. The van der Waals surface area contributed by atoms with Crippen LogP contribution in [0.5, 0.6) is 0 Å². The van der Waals surface area contributed by atoms with Crippen molar-refractivity contribution in [2.45, 2.75) is 19.3 Å². The second-order valence-electron chi connectivity index (χ2n) is 6.56. The van der Waals surface area contributed by atoms with Gasteiger partial charge in [-0.25, -0.2) is 0 Å². The van der Waals surface area contributed by atoms with Crippen LogP contribution >= 0.6 is 0 Å². The van der Waals surface area contributed by atoms with Crippen molar-refractivity contribution in [1.29, 1.82) is 10.5 Å². The van der Waals surface area contributed by atoms with E-state index in [-0.39, 0.29) is 17.7 Å². The van der Waals surface area contributed by atoms with Gasteiger partial charge < -0.3 is 9.80 Å². The highest BCUT2D eigenvalue weighted by atomic mass is 16.2. The molecule has 1 amide bonds. The first-order valence-corrected chi connectivity index (χ1v) is 8.06. The molecule has 1 aromatic carbocycles. The van der Waals surface area contributed by atoms with Crippen molar-refractivity contribution >= 4 is 5.91 Å². The quantitative estimate of drug-likeness (QED) is 0.800. The molecule has 0 bridgehead atoms. The predicted octanol–water partition coefficient (Wildman–Crippen LogP) is 1.92. The van der Waals surface area contributed by atoms with E-state index in [0.29, 0.717) is 18.0 Å². The van der Waals surface area contributed by atoms with Crippen molar-refractivity contribution in [3.05, 3.63) is 35.4 Å². The minimum absolute atomic E-state index is 0.0183. The number of nitrogens with zero attached hydrogens (tertiary/aromatic N) is 4. The van der Waals surface area contributed by atoms with E-state index < -0.39 is 0 Å². The molecule has 0 radical (unpaired) electrons. The highest BCUT2D eigenvalue weighted by Crippen LogP contribution is 2.31. The Kier molecular flexibility index (Phi) is 4.21. The first kappa shape index (κ1) is 15.4. The fourth-order valence-electron chi connectivity index (χ4n) is 3.48. The van der Waals surface area contributed by atoms with Crippen LogP contribution in [-0.4, -0.2) is 41.9 Å². The molecule has 0 saturated carbocycles. The maximum atomic E-state index is 12.6. The molecule has 3 rings (SSSR count). The SMILES string of the molecule is C[C@H](C(=O)N1CC(c2ccc(C#N)cc2)C1)[C@H]1CCN(C#N)C1. The van der Waals surface area contributed by atoms with Crippen LogP contribution in [0.4, 0.5) is 0 Å². The standard InChI is InChI=1S/C18H20N4O/c1-13(16-6-7-21(9-16)12-20)18(23)22-10-17(11-22)15-4-2-14(8-19)3-5-15/h2-5,13,16-17H,6-7,9-11H2,1H3/t13-,16-/m0/s1. The molecule has 2 fully saturated rings. The molecular formula is C18H20N4O. The summed E-state index contributed by atoms with van der Waals surface area (Å²) in [5.74, 6) is 0.851. The van der Waals surface area contributed by atoms with Crippen LogP contribution < -0.4 is 0 Å². The molecule has 5 heteroatoms. The number of nitriles is 2. The van der Waals surface area contributed by atoms with Crippen molar-refractivity contribution in [2.24, 2.45) is 11.8 Å². The normalized spacial score (nSPS) is 22.1. The number of hydrogen-bond acceptors (Lipinski definition) is 4. The zero-order valence-corrected chi connectivity index (χ0v) is 13.3. The Morgan fingerprint density at radius 3 is 2.48 bits per heavy atom. The van der Waals surface area contributed by atoms with Crippen LogP contribution in [0, 0.1) is 34.6 Å². The van der Waals surface area contributed by atoms with Crippen LogP contribution in [0.25, 0.3) is 0 Å². The zero-order chi connectivity index (χ0) is 16.4. The fourth-order valence-corrected chi connectivity index (χ4v) is 3.48. The molecule has 2 aliphatic rings. The topological polar surface area (TPSA) is 71.1 Å². The Morgan fingerprint density at radius 1 is 1.22 bits per heavy atom. The number of carbonyl (C=O) groups is 1. The van der Waals surface area contributed by atoms with Gasteiger partial charge >= 0.3 is 0 Å². The monoisotopic (exact) mass is 308 g/mol. The summed E-state index contributed by atoms with van der Waals surface area (Å²) in [5, 5.41) is 17.8. The number of benzene rings is 1. The summed E-state index contributed by atoms with van der Waals surface area (Å²) in [6.45, 7) is 4.97. The number of likely N-dealkylation sites (tertiary alicyclic amines) is 2. The Morgan fingerprint density at radius 2 is 1.91 bits per heavy atom. The molecule has 2 aliphatic heterocycles. The summed E-state index contributed by atoms with van der Waals surface area (Å²) in [7, 11) is 0. The van der Waals surface area contributed by atoms with Crippen molar-refractivity contribution in [3.8, 4) is 12.3 Å². The molecule has 2 atom stereocenters. The van der Waals surface area contributed by atoms with E-state index in [1.807, 2.05) is 36.1 Å².